The molecule has 2 heterocycles. The monoisotopic (exact) mass is 316 g/mol. The first-order valence-corrected chi connectivity index (χ1v) is 8.70. The van der Waals surface area contributed by atoms with E-state index >= 15 is 0 Å². The highest BCUT2D eigenvalue weighted by Crippen LogP contribution is 2.22. The van der Waals surface area contributed by atoms with Crippen LogP contribution in [0.25, 0.3) is 0 Å². The van der Waals surface area contributed by atoms with Crippen molar-refractivity contribution in [2.24, 2.45) is 0 Å². The molecule has 1 aromatic rings. The van der Waals surface area contributed by atoms with E-state index in [1.54, 1.807) is 6.07 Å². The van der Waals surface area contributed by atoms with Gasteiger partial charge < -0.3 is 14.5 Å². The van der Waals surface area contributed by atoms with E-state index in [-0.39, 0.29) is 17.3 Å². The van der Waals surface area contributed by atoms with E-state index in [2.05, 4.69) is 5.32 Å². The zero-order valence-corrected chi connectivity index (χ0v) is 13.8. The molecule has 1 N–H and O–H groups in total. The molecule has 0 spiro atoms. The molecule has 1 fully saturated rings. The zero-order chi connectivity index (χ0) is 15.6. The van der Waals surface area contributed by atoms with E-state index in [1.807, 2.05) is 27.7 Å². The standard InChI is InChI=1S/C14H24N2O4S/c1-10(2)15-7-13-5-6-14(20-13)21(17,18)16-8-11(3)19-12(4)9-16/h5-6,10-12,15H,7-9H2,1-4H3/t11-,12+. The minimum atomic E-state index is -3.59. The smallest absolute Gasteiger partial charge is 0.276 e. The van der Waals surface area contributed by atoms with E-state index in [4.69, 9.17) is 9.15 Å². The average Bonchev–Trinajstić information content (AvgIpc) is 2.84. The lowest BCUT2D eigenvalue weighted by Crippen LogP contribution is -2.47. The van der Waals surface area contributed by atoms with Crippen LogP contribution in [-0.2, 0) is 21.3 Å². The normalized spacial score (nSPS) is 24.6. The number of furan rings is 1. The van der Waals surface area contributed by atoms with Crippen molar-refractivity contribution in [2.45, 2.75) is 57.6 Å². The van der Waals surface area contributed by atoms with Gasteiger partial charge in [0.15, 0.2) is 0 Å². The molecule has 0 aromatic carbocycles. The van der Waals surface area contributed by atoms with Crippen molar-refractivity contribution >= 4 is 10.0 Å². The van der Waals surface area contributed by atoms with Crippen LogP contribution in [0.2, 0.25) is 0 Å². The first kappa shape index (κ1) is 16.5. The Labute approximate surface area is 126 Å². The van der Waals surface area contributed by atoms with Crippen LogP contribution in [0.4, 0.5) is 0 Å². The minimum Gasteiger partial charge on any atom is -0.447 e. The van der Waals surface area contributed by atoms with Crippen LogP contribution in [0.1, 0.15) is 33.5 Å². The maximum atomic E-state index is 12.6. The summed E-state index contributed by atoms with van der Waals surface area (Å²) in [6, 6.07) is 3.55. The molecule has 0 bridgehead atoms. The van der Waals surface area contributed by atoms with Crippen LogP contribution in [0.15, 0.2) is 21.6 Å². The van der Waals surface area contributed by atoms with Crippen molar-refractivity contribution in [3.05, 3.63) is 17.9 Å². The van der Waals surface area contributed by atoms with Gasteiger partial charge in [0.2, 0.25) is 5.09 Å². The Hall–Kier alpha value is -0.890. The van der Waals surface area contributed by atoms with Gasteiger partial charge in [0, 0.05) is 19.1 Å². The number of ether oxygens (including phenoxy) is 1. The second-order valence-corrected chi connectivity index (χ2v) is 7.70. The number of hydrogen-bond donors (Lipinski definition) is 1. The molecule has 7 heteroatoms. The van der Waals surface area contributed by atoms with E-state index < -0.39 is 10.0 Å². The lowest BCUT2D eigenvalue weighted by atomic mass is 10.3. The number of hydrogen-bond acceptors (Lipinski definition) is 5. The number of sulfonamides is 1. The summed E-state index contributed by atoms with van der Waals surface area (Å²) >= 11 is 0. The van der Waals surface area contributed by atoms with Gasteiger partial charge in [0.1, 0.15) is 5.76 Å². The summed E-state index contributed by atoms with van der Waals surface area (Å²) in [7, 11) is -3.59. The molecule has 0 radical (unpaired) electrons. The summed E-state index contributed by atoms with van der Waals surface area (Å²) in [4.78, 5) is 0. The largest absolute Gasteiger partial charge is 0.447 e. The molecule has 1 saturated heterocycles. The van der Waals surface area contributed by atoms with Gasteiger partial charge in [-0.15, -0.1) is 0 Å². The maximum Gasteiger partial charge on any atom is 0.276 e. The van der Waals surface area contributed by atoms with Crippen LogP contribution in [-0.4, -0.2) is 44.1 Å². The molecular formula is C14H24N2O4S. The van der Waals surface area contributed by atoms with Gasteiger partial charge in [0.25, 0.3) is 10.0 Å². The Bertz CT molecular complexity index is 557. The van der Waals surface area contributed by atoms with E-state index in [0.29, 0.717) is 31.4 Å². The third-order valence-electron chi connectivity index (χ3n) is 3.30. The van der Waals surface area contributed by atoms with Crippen molar-refractivity contribution in [1.29, 1.82) is 0 Å². The molecule has 1 aromatic heterocycles. The fourth-order valence-electron chi connectivity index (χ4n) is 2.35. The zero-order valence-electron chi connectivity index (χ0n) is 13.0. The van der Waals surface area contributed by atoms with Gasteiger partial charge in [-0.2, -0.15) is 4.31 Å². The van der Waals surface area contributed by atoms with Crippen molar-refractivity contribution in [3.63, 3.8) is 0 Å². The predicted molar refractivity (Wildman–Crippen MR) is 79.5 cm³/mol. The number of nitrogens with zero attached hydrogens (tertiary/aromatic N) is 1. The van der Waals surface area contributed by atoms with Crippen LogP contribution < -0.4 is 5.32 Å². The average molecular weight is 316 g/mol. The van der Waals surface area contributed by atoms with E-state index in [9.17, 15) is 8.42 Å². The molecule has 1 aliphatic heterocycles. The molecule has 0 unspecified atom stereocenters. The molecule has 0 saturated carbocycles. The van der Waals surface area contributed by atoms with Gasteiger partial charge in [-0.05, 0) is 26.0 Å². The van der Waals surface area contributed by atoms with Crippen LogP contribution in [0, 0.1) is 0 Å². The van der Waals surface area contributed by atoms with Gasteiger partial charge in [0.05, 0.1) is 18.8 Å². The Balaban J connectivity index is 2.12. The summed E-state index contributed by atoms with van der Waals surface area (Å²) in [5.74, 6) is 0.622. The second-order valence-electron chi connectivity index (χ2n) is 5.84. The fraction of sp³-hybridized carbons (Fsp3) is 0.714. The van der Waals surface area contributed by atoms with E-state index in [1.165, 1.54) is 10.4 Å². The van der Waals surface area contributed by atoms with Crippen molar-refractivity contribution in [1.82, 2.24) is 9.62 Å². The minimum absolute atomic E-state index is 0.00403. The Morgan fingerprint density at radius 3 is 2.48 bits per heavy atom. The Morgan fingerprint density at radius 1 is 1.29 bits per heavy atom. The predicted octanol–water partition coefficient (Wildman–Crippen LogP) is 1.58. The van der Waals surface area contributed by atoms with Gasteiger partial charge in [-0.25, -0.2) is 8.42 Å². The summed E-state index contributed by atoms with van der Waals surface area (Å²) in [6.45, 7) is 9.02. The number of nitrogens with one attached hydrogen (secondary N) is 1. The third-order valence-corrected chi connectivity index (χ3v) is 5.01. The summed E-state index contributed by atoms with van der Waals surface area (Å²) in [5, 5.41) is 3.20. The topological polar surface area (TPSA) is 71.8 Å². The lowest BCUT2D eigenvalue weighted by molar-refractivity contribution is -0.0443. The summed E-state index contributed by atoms with van der Waals surface area (Å²) in [5.41, 5.74) is 0. The van der Waals surface area contributed by atoms with Crippen LogP contribution in [0.5, 0.6) is 0 Å². The summed E-state index contributed by atoms with van der Waals surface area (Å²) < 4.78 is 37.7. The maximum absolute atomic E-state index is 12.6. The van der Waals surface area contributed by atoms with Crippen LogP contribution in [0.3, 0.4) is 0 Å². The molecular weight excluding hydrogens is 292 g/mol. The van der Waals surface area contributed by atoms with Crippen molar-refractivity contribution in [2.75, 3.05) is 13.1 Å². The summed E-state index contributed by atoms with van der Waals surface area (Å²) in [6.07, 6.45) is -0.221. The molecule has 1 aliphatic rings. The molecule has 2 atom stereocenters. The van der Waals surface area contributed by atoms with E-state index in [0.717, 1.165) is 0 Å². The molecule has 6 nitrogen and oxygen atoms in total. The first-order chi connectivity index (χ1) is 9.79. The SMILES string of the molecule is CC(C)NCc1ccc(S(=O)(=O)N2C[C@@H](C)O[C@@H](C)C2)o1. The molecule has 21 heavy (non-hydrogen) atoms. The fourth-order valence-corrected chi connectivity index (χ4v) is 3.87. The van der Waals surface area contributed by atoms with Crippen LogP contribution >= 0.6 is 0 Å². The highest BCUT2D eigenvalue weighted by molar-refractivity contribution is 7.89. The van der Waals surface area contributed by atoms with Gasteiger partial charge in [-0.3, -0.25) is 0 Å². The highest BCUT2D eigenvalue weighted by Gasteiger charge is 2.34. The van der Waals surface area contributed by atoms with Crippen molar-refractivity contribution in [3.8, 4) is 0 Å². The Morgan fingerprint density at radius 2 is 1.90 bits per heavy atom. The lowest BCUT2D eigenvalue weighted by Gasteiger charge is -2.33. The van der Waals surface area contributed by atoms with Gasteiger partial charge in [-0.1, -0.05) is 13.8 Å². The first-order valence-electron chi connectivity index (χ1n) is 7.26. The highest BCUT2D eigenvalue weighted by atomic mass is 32.2. The van der Waals surface area contributed by atoms with Crippen molar-refractivity contribution < 1.29 is 17.6 Å². The second kappa shape index (κ2) is 6.48. The third kappa shape index (κ3) is 4.06. The number of rotatable bonds is 5. The molecule has 2 rings (SSSR count). The quantitative estimate of drug-likeness (QED) is 0.893. The van der Waals surface area contributed by atoms with Gasteiger partial charge >= 0.3 is 0 Å². The number of morpholine rings is 1. The molecule has 0 amide bonds. The Kier molecular flexibility index (Phi) is 5.08. The molecule has 0 aliphatic carbocycles. The molecule has 120 valence electrons.